The van der Waals surface area contributed by atoms with Crippen LogP contribution in [0.4, 0.5) is 0 Å². The molecule has 1 heterocycles. The molecule has 0 spiro atoms. The van der Waals surface area contributed by atoms with Crippen molar-refractivity contribution in [2.24, 2.45) is 0 Å². The van der Waals surface area contributed by atoms with Crippen LogP contribution in [0.3, 0.4) is 0 Å². The molecule has 0 bridgehead atoms. The van der Waals surface area contributed by atoms with Gasteiger partial charge in [0, 0.05) is 12.7 Å². The van der Waals surface area contributed by atoms with E-state index in [1.807, 2.05) is 0 Å². The highest BCUT2D eigenvalue weighted by molar-refractivity contribution is 7.95. The number of nitrogens with zero attached hydrogens (tertiary/aromatic N) is 1. The summed E-state index contributed by atoms with van der Waals surface area (Å²) in [6.07, 6.45) is 3.23. The highest BCUT2D eigenvalue weighted by atomic mass is 127. The largest absolute Gasteiger partial charge is 1.00 e. The number of hydrogen-bond acceptors (Lipinski definition) is 0. The predicted octanol–water partition coefficient (Wildman–Crippen LogP) is 2.01. The minimum absolute atomic E-state index is 0. The van der Waals surface area contributed by atoms with Crippen LogP contribution in [-0.4, -0.2) is 4.57 Å². The average molecular weight is 497 g/mol. The summed E-state index contributed by atoms with van der Waals surface area (Å²) in [7, 11) is -1.80. The lowest BCUT2D eigenvalue weighted by molar-refractivity contribution is -0.00000536. The van der Waals surface area contributed by atoms with E-state index in [4.69, 9.17) is 0 Å². The smallest absolute Gasteiger partial charge is 0.118 e. The van der Waals surface area contributed by atoms with Crippen molar-refractivity contribution in [3.63, 3.8) is 0 Å². The molecule has 0 radical (unpaired) electrons. The number of hydrogen-bond donors (Lipinski definition) is 0. The van der Waals surface area contributed by atoms with Gasteiger partial charge in [0.2, 0.25) is 0 Å². The zero-order valence-corrected chi connectivity index (χ0v) is 19.1. The Bertz CT molecular complexity index is 884. The van der Waals surface area contributed by atoms with E-state index in [0.29, 0.717) is 0 Å². The van der Waals surface area contributed by atoms with Crippen molar-refractivity contribution in [2.45, 2.75) is 19.6 Å². The van der Waals surface area contributed by atoms with Crippen molar-refractivity contribution in [3.05, 3.63) is 115 Å². The molecule has 3 heteroatoms. The Morgan fingerprint density at radius 3 is 1.43 bits per heavy atom. The Kier molecular flexibility index (Phi) is 7.09. The molecule has 142 valence electrons. The van der Waals surface area contributed by atoms with Gasteiger partial charge < -0.3 is 28.5 Å². The van der Waals surface area contributed by atoms with Gasteiger partial charge in [-0.2, -0.15) is 0 Å². The monoisotopic (exact) mass is 497 g/mol. The second-order valence-electron chi connectivity index (χ2n) is 6.76. The Hall–Kier alpha value is -1.90. The molecule has 4 rings (SSSR count). The van der Waals surface area contributed by atoms with Crippen LogP contribution in [-0.2, 0) is 12.7 Å². The van der Waals surface area contributed by atoms with Crippen LogP contribution in [0.15, 0.2) is 109 Å². The van der Waals surface area contributed by atoms with E-state index in [1.54, 1.807) is 0 Å². The lowest BCUT2D eigenvalue weighted by Crippen LogP contribution is -3.00. The zero-order chi connectivity index (χ0) is 18.5. The summed E-state index contributed by atoms with van der Waals surface area (Å²) < 4.78 is 2.38. The molecule has 0 saturated carbocycles. The summed E-state index contributed by atoms with van der Waals surface area (Å²) in [6, 6.07) is 37.7. The van der Waals surface area contributed by atoms with Gasteiger partial charge in [-0.3, -0.25) is 0 Å². The van der Waals surface area contributed by atoms with Crippen LogP contribution < -0.4 is 39.9 Å². The molecule has 0 unspecified atom stereocenters. The van der Waals surface area contributed by atoms with Gasteiger partial charge in [0.15, 0.2) is 0 Å². The van der Waals surface area contributed by atoms with E-state index >= 15 is 0 Å². The van der Waals surface area contributed by atoms with Crippen LogP contribution in [0.2, 0.25) is 0 Å². The molecular formula is C25H25INP. The van der Waals surface area contributed by atoms with E-state index in [9.17, 15) is 0 Å². The van der Waals surface area contributed by atoms with Gasteiger partial charge in [0.05, 0.1) is 5.69 Å². The third-order valence-corrected chi connectivity index (χ3v) is 9.59. The maximum Gasteiger partial charge on any atom is 0.118 e. The number of halogens is 1. The predicted molar refractivity (Wildman–Crippen MR) is 119 cm³/mol. The van der Waals surface area contributed by atoms with Gasteiger partial charge >= 0.3 is 0 Å². The van der Waals surface area contributed by atoms with Gasteiger partial charge in [-0.25, -0.2) is 0 Å². The topological polar surface area (TPSA) is 4.93 Å². The van der Waals surface area contributed by atoms with E-state index in [0.717, 1.165) is 12.7 Å². The highest BCUT2D eigenvalue weighted by Gasteiger charge is 2.45. The van der Waals surface area contributed by atoms with Crippen LogP contribution in [0, 0.1) is 0 Å². The fourth-order valence-electron chi connectivity index (χ4n) is 3.91. The van der Waals surface area contributed by atoms with Crippen LogP contribution in [0.25, 0.3) is 0 Å². The first-order valence-electron chi connectivity index (χ1n) is 9.53. The summed E-state index contributed by atoms with van der Waals surface area (Å²) in [4.78, 5) is 0. The summed E-state index contributed by atoms with van der Waals surface area (Å²) in [6.45, 7) is 3.22. The number of benzene rings is 3. The molecule has 0 N–H and O–H groups in total. The Labute approximate surface area is 185 Å². The number of rotatable bonds is 6. The standard InChI is InChI=1S/C25H25NP.HI/c1-2-26-20-12-13-22(26)21-27(23-14-6-3-7-15-23,24-16-8-4-9-17-24)25-18-10-5-11-19-25;/h3-20H,2,21H2,1H3;1H/q+1;/p-1. The fourth-order valence-corrected chi connectivity index (χ4v) is 8.17. The normalized spacial score (nSPS) is 11.0. The lowest BCUT2D eigenvalue weighted by Gasteiger charge is -2.28. The van der Waals surface area contributed by atoms with Gasteiger partial charge in [0.1, 0.15) is 29.3 Å². The second kappa shape index (κ2) is 9.54. The summed E-state index contributed by atoms with van der Waals surface area (Å²) >= 11 is 0. The SMILES string of the molecule is CCn1cccc1C[P+](c1ccccc1)(c1ccccc1)c1ccccc1.[I-]. The fraction of sp³-hybridized carbons (Fsp3) is 0.120. The average Bonchev–Trinajstić information content (AvgIpc) is 3.21. The van der Waals surface area contributed by atoms with E-state index in [1.165, 1.54) is 21.6 Å². The number of aromatic nitrogens is 1. The van der Waals surface area contributed by atoms with Crippen molar-refractivity contribution in [1.82, 2.24) is 4.57 Å². The summed E-state index contributed by atoms with van der Waals surface area (Å²) in [5, 5.41) is 4.31. The maximum absolute atomic E-state index is 2.38. The quantitative estimate of drug-likeness (QED) is 0.284. The Balaban J connectivity index is 0.00000225. The van der Waals surface area contributed by atoms with E-state index in [2.05, 4.69) is 121 Å². The first kappa shape index (κ1) is 20.8. The Morgan fingerprint density at radius 1 is 0.607 bits per heavy atom. The maximum atomic E-state index is 2.38. The van der Waals surface area contributed by atoms with E-state index < -0.39 is 7.26 Å². The molecule has 3 aromatic carbocycles. The van der Waals surface area contributed by atoms with Crippen molar-refractivity contribution < 1.29 is 24.0 Å². The lowest BCUT2D eigenvalue weighted by atomic mass is 10.3. The summed E-state index contributed by atoms with van der Waals surface area (Å²) in [5.41, 5.74) is 1.40. The molecule has 0 aliphatic rings. The minimum Gasteiger partial charge on any atom is -1.00 e. The second-order valence-corrected chi connectivity index (χ2v) is 10.2. The molecule has 0 amide bonds. The first-order chi connectivity index (χ1) is 13.3. The van der Waals surface area contributed by atoms with Gasteiger partial charge in [-0.05, 0) is 55.5 Å². The molecule has 0 saturated heterocycles. The molecule has 0 atom stereocenters. The van der Waals surface area contributed by atoms with Gasteiger partial charge in [0.25, 0.3) is 0 Å². The van der Waals surface area contributed by atoms with Crippen molar-refractivity contribution in [1.29, 1.82) is 0 Å². The van der Waals surface area contributed by atoms with E-state index in [-0.39, 0.29) is 24.0 Å². The Morgan fingerprint density at radius 2 is 1.04 bits per heavy atom. The molecule has 1 nitrogen and oxygen atoms in total. The molecule has 0 aliphatic heterocycles. The zero-order valence-electron chi connectivity index (χ0n) is 16.1. The minimum atomic E-state index is -1.80. The van der Waals surface area contributed by atoms with Crippen molar-refractivity contribution in [2.75, 3.05) is 0 Å². The van der Waals surface area contributed by atoms with Crippen LogP contribution in [0.1, 0.15) is 12.6 Å². The van der Waals surface area contributed by atoms with Crippen molar-refractivity contribution in [3.8, 4) is 0 Å². The van der Waals surface area contributed by atoms with Crippen LogP contribution in [0.5, 0.6) is 0 Å². The highest BCUT2D eigenvalue weighted by Crippen LogP contribution is 2.58. The molecule has 28 heavy (non-hydrogen) atoms. The van der Waals surface area contributed by atoms with Gasteiger partial charge in [-0.1, -0.05) is 54.6 Å². The molecular weight excluding hydrogens is 472 g/mol. The van der Waals surface area contributed by atoms with Gasteiger partial charge in [-0.15, -0.1) is 0 Å². The molecule has 0 fully saturated rings. The molecule has 4 aromatic rings. The molecule has 1 aromatic heterocycles. The third kappa shape index (κ3) is 3.94. The molecule has 0 aliphatic carbocycles. The summed E-state index contributed by atoms with van der Waals surface area (Å²) in [5.74, 6) is 0. The first-order valence-corrected chi connectivity index (χ1v) is 11.5. The van der Waals surface area contributed by atoms with Crippen molar-refractivity contribution >= 4 is 23.2 Å². The van der Waals surface area contributed by atoms with Crippen LogP contribution >= 0.6 is 7.26 Å². The third-order valence-electron chi connectivity index (χ3n) is 5.25. The number of aryl methyl sites for hydroxylation is 1.